The van der Waals surface area contributed by atoms with Gasteiger partial charge in [0.2, 0.25) is 5.91 Å². The molecule has 184 valence electrons. The number of hydrogen-bond acceptors (Lipinski definition) is 4. The lowest BCUT2D eigenvalue weighted by Crippen LogP contribution is -2.40. The van der Waals surface area contributed by atoms with Crippen molar-refractivity contribution < 1.29 is 35.9 Å². The van der Waals surface area contributed by atoms with E-state index >= 15 is 0 Å². The van der Waals surface area contributed by atoms with E-state index in [1.807, 2.05) is 0 Å². The van der Waals surface area contributed by atoms with Crippen LogP contribution in [0.4, 0.5) is 37.7 Å². The maximum Gasteiger partial charge on any atom is 0.433 e. The van der Waals surface area contributed by atoms with Crippen molar-refractivity contribution in [2.24, 2.45) is 0 Å². The second kappa shape index (κ2) is 9.90. The van der Waals surface area contributed by atoms with Gasteiger partial charge in [0.25, 0.3) is 5.91 Å². The summed E-state index contributed by atoms with van der Waals surface area (Å²) in [5.74, 6) is -0.621. The van der Waals surface area contributed by atoms with Crippen molar-refractivity contribution in [3.05, 3.63) is 53.3 Å². The van der Waals surface area contributed by atoms with Crippen LogP contribution in [-0.4, -0.2) is 28.9 Å². The Morgan fingerprint density at radius 2 is 1.41 bits per heavy atom. The molecule has 12 heteroatoms. The van der Waals surface area contributed by atoms with E-state index in [-0.39, 0.29) is 29.6 Å². The quantitative estimate of drug-likeness (QED) is 0.504. The van der Waals surface area contributed by atoms with Crippen molar-refractivity contribution in [3.8, 4) is 0 Å². The van der Waals surface area contributed by atoms with Crippen LogP contribution >= 0.6 is 0 Å². The minimum absolute atomic E-state index is 0.205. The minimum atomic E-state index is -5.02. The molecule has 1 aromatic heterocycles. The molecule has 6 nitrogen and oxygen atoms in total. The predicted octanol–water partition coefficient (Wildman–Crippen LogP) is 5.23. The van der Waals surface area contributed by atoms with Crippen LogP contribution in [0.15, 0.2) is 36.4 Å². The molecule has 0 atom stereocenters. The Hall–Kier alpha value is -3.31. The Kier molecular flexibility index (Phi) is 7.37. The van der Waals surface area contributed by atoms with E-state index < -0.39 is 23.7 Å². The molecule has 1 aromatic carbocycles. The molecule has 0 saturated heterocycles. The topological polar surface area (TPSA) is 83.1 Å². The lowest BCUT2D eigenvalue weighted by Gasteiger charge is -2.30. The van der Waals surface area contributed by atoms with E-state index in [4.69, 9.17) is 0 Å². The van der Waals surface area contributed by atoms with Gasteiger partial charge >= 0.3 is 12.4 Å². The molecule has 1 aliphatic rings. The molecule has 1 fully saturated rings. The SMILES string of the molecule is CC(=O)Nc1cccc(C(=O)NC2CCC(Nc3cc(C(F)(F)F)nc(C(F)(F)F)c3)CC2)c1. The van der Waals surface area contributed by atoms with Gasteiger partial charge in [0.1, 0.15) is 11.4 Å². The number of alkyl halides is 6. The molecule has 1 heterocycles. The van der Waals surface area contributed by atoms with Gasteiger partial charge in [0.15, 0.2) is 0 Å². The van der Waals surface area contributed by atoms with Crippen molar-refractivity contribution in [3.63, 3.8) is 0 Å². The van der Waals surface area contributed by atoms with E-state index in [0.717, 1.165) is 0 Å². The molecule has 3 N–H and O–H groups in total. The zero-order valence-corrected chi connectivity index (χ0v) is 18.0. The van der Waals surface area contributed by atoms with Gasteiger partial charge in [0.05, 0.1) is 0 Å². The summed E-state index contributed by atoms with van der Waals surface area (Å²) in [4.78, 5) is 26.4. The average molecular weight is 488 g/mol. The Labute approximate surface area is 191 Å². The number of amides is 2. The van der Waals surface area contributed by atoms with Gasteiger partial charge in [-0.15, -0.1) is 0 Å². The molecule has 1 saturated carbocycles. The molecule has 0 unspecified atom stereocenters. The summed E-state index contributed by atoms with van der Waals surface area (Å²) in [7, 11) is 0. The summed E-state index contributed by atoms with van der Waals surface area (Å²) in [6, 6.07) is 6.95. The largest absolute Gasteiger partial charge is 0.433 e. The summed E-state index contributed by atoms with van der Waals surface area (Å²) < 4.78 is 78.0. The fraction of sp³-hybridized carbons (Fsp3) is 0.409. The summed E-state index contributed by atoms with van der Waals surface area (Å²) in [6.07, 6.45) is -8.20. The number of anilines is 2. The lowest BCUT2D eigenvalue weighted by atomic mass is 9.90. The van der Waals surface area contributed by atoms with Gasteiger partial charge in [-0.1, -0.05) is 6.07 Å². The van der Waals surface area contributed by atoms with Crippen molar-refractivity contribution in [1.82, 2.24) is 10.3 Å². The van der Waals surface area contributed by atoms with Crippen LogP contribution in [0, 0.1) is 0 Å². The van der Waals surface area contributed by atoms with Crippen LogP contribution in [-0.2, 0) is 17.1 Å². The summed E-state index contributed by atoms with van der Waals surface area (Å²) >= 11 is 0. The maximum absolute atomic E-state index is 13.0. The highest BCUT2D eigenvalue weighted by molar-refractivity contribution is 5.96. The number of carbonyl (C=O) groups is 2. The van der Waals surface area contributed by atoms with Crippen molar-refractivity contribution in [2.75, 3.05) is 10.6 Å². The molecular weight excluding hydrogens is 466 g/mol. The van der Waals surface area contributed by atoms with Crippen molar-refractivity contribution >= 4 is 23.2 Å². The second-order valence-electron chi connectivity index (χ2n) is 8.05. The maximum atomic E-state index is 13.0. The van der Waals surface area contributed by atoms with E-state index in [0.29, 0.717) is 49.1 Å². The lowest BCUT2D eigenvalue weighted by molar-refractivity contribution is -0.150. The molecule has 0 radical (unpaired) electrons. The number of carbonyl (C=O) groups excluding carboxylic acids is 2. The predicted molar refractivity (Wildman–Crippen MR) is 112 cm³/mol. The van der Waals surface area contributed by atoms with Crippen LogP contribution in [0.25, 0.3) is 0 Å². The highest BCUT2D eigenvalue weighted by Crippen LogP contribution is 2.35. The first-order valence-corrected chi connectivity index (χ1v) is 10.4. The van der Waals surface area contributed by atoms with Crippen LogP contribution < -0.4 is 16.0 Å². The van der Waals surface area contributed by atoms with Gasteiger partial charge in [-0.2, -0.15) is 26.3 Å². The third-order valence-corrected chi connectivity index (χ3v) is 5.28. The number of aromatic nitrogens is 1. The number of halogens is 6. The van der Waals surface area contributed by atoms with Crippen LogP contribution in [0.2, 0.25) is 0 Å². The van der Waals surface area contributed by atoms with Gasteiger partial charge in [-0.05, 0) is 56.0 Å². The Bertz CT molecular complexity index is 1010. The highest BCUT2D eigenvalue weighted by atomic mass is 19.4. The number of rotatable bonds is 5. The first-order chi connectivity index (χ1) is 15.8. The molecule has 34 heavy (non-hydrogen) atoms. The third-order valence-electron chi connectivity index (χ3n) is 5.28. The molecule has 0 spiro atoms. The van der Waals surface area contributed by atoms with Crippen molar-refractivity contribution in [2.45, 2.75) is 57.0 Å². The number of hydrogen-bond donors (Lipinski definition) is 3. The van der Waals surface area contributed by atoms with Gasteiger partial charge in [0, 0.05) is 35.9 Å². The number of pyridine rings is 1. The third kappa shape index (κ3) is 6.84. The molecule has 0 bridgehead atoms. The van der Waals surface area contributed by atoms with Gasteiger partial charge in [-0.25, -0.2) is 4.98 Å². The summed E-state index contributed by atoms with van der Waals surface area (Å²) in [5.41, 5.74) is -2.72. The average Bonchev–Trinajstić information content (AvgIpc) is 2.73. The first-order valence-electron chi connectivity index (χ1n) is 10.4. The van der Waals surface area contributed by atoms with E-state index in [2.05, 4.69) is 20.9 Å². The molecular formula is C22H22F6N4O2. The van der Waals surface area contributed by atoms with Crippen LogP contribution in [0.1, 0.15) is 54.4 Å². The van der Waals surface area contributed by atoms with E-state index in [1.165, 1.54) is 13.0 Å². The standard InChI is InChI=1S/C22H22F6N4O2/c1-12(33)29-16-4-2-3-13(9-16)20(34)31-15-7-5-14(6-8-15)30-17-10-18(21(23,24)25)32-19(11-17)22(26,27)28/h2-4,9-11,14-15H,5-8H2,1H3,(H,29,33)(H,30,32)(H,31,34). The first kappa shape index (κ1) is 25.3. The van der Waals surface area contributed by atoms with Crippen LogP contribution in [0.5, 0.6) is 0 Å². The van der Waals surface area contributed by atoms with Crippen LogP contribution in [0.3, 0.4) is 0 Å². The number of nitrogens with one attached hydrogen (secondary N) is 3. The minimum Gasteiger partial charge on any atom is -0.382 e. The monoisotopic (exact) mass is 488 g/mol. The Balaban J connectivity index is 1.60. The zero-order chi connectivity index (χ0) is 25.1. The molecule has 3 rings (SSSR count). The fourth-order valence-corrected chi connectivity index (χ4v) is 3.73. The summed E-state index contributed by atoms with van der Waals surface area (Å²) in [6.45, 7) is 1.35. The normalized spacial score (nSPS) is 18.8. The smallest absolute Gasteiger partial charge is 0.382 e. The molecule has 1 aliphatic carbocycles. The highest BCUT2D eigenvalue weighted by Gasteiger charge is 2.39. The Morgan fingerprint density at radius 1 is 0.853 bits per heavy atom. The molecule has 2 aromatic rings. The number of benzene rings is 1. The molecule has 0 aliphatic heterocycles. The Morgan fingerprint density at radius 3 is 1.94 bits per heavy atom. The van der Waals surface area contributed by atoms with Gasteiger partial charge < -0.3 is 16.0 Å². The summed E-state index contributed by atoms with van der Waals surface area (Å²) in [5, 5.41) is 8.20. The number of nitrogens with zero attached hydrogens (tertiary/aromatic N) is 1. The van der Waals surface area contributed by atoms with Crippen molar-refractivity contribution in [1.29, 1.82) is 0 Å². The fourth-order valence-electron chi connectivity index (χ4n) is 3.73. The second-order valence-corrected chi connectivity index (χ2v) is 8.05. The van der Waals surface area contributed by atoms with Gasteiger partial charge in [-0.3, -0.25) is 9.59 Å². The molecule has 2 amide bonds. The van der Waals surface area contributed by atoms with E-state index in [9.17, 15) is 35.9 Å². The van der Waals surface area contributed by atoms with E-state index in [1.54, 1.807) is 18.2 Å². The zero-order valence-electron chi connectivity index (χ0n) is 18.0.